The van der Waals surface area contributed by atoms with Gasteiger partial charge in [0.25, 0.3) is 11.8 Å². The number of carbonyl (C=O) groups is 3. The molecule has 1 atom stereocenters. The van der Waals surface area contributed by atoms with E-state index in [-0.39, 0.29) is 12.8 Å². The molecule has 0 saturated carbocycles. The molecule has 0 radical (unpaired) electrons. The predicted molar refractivity (Wildman–Crippen MR) is 102 cm³/mol. The maximum atomic E-state index is 12.4. The average molecular weight is 394 g/mol. The lowest BCUT2D eigenvalue weighted by molar-refractivity contribution is -0.200. The summed E-state index contributed by atoms with van der Waals surface area (Å²) in [4.78, 5) is 42.5. The van der Waals surface area contributed by atoms with Crippen LogP contribution in [-0.4, -0.2) is 61.9 Å². The van der Waals surface area contributed by atoms with Gasteiger partial charge in [-0.2, -0.15) is 0 Å². The van der Waals surface area contributed by atoms with E-state index in [4.69, 9.17) is 11.7 Å². The second-order valence-corrected chi connectivity index (χ2v) is 6.30. The Hall–Kier alpha value is -2.81. The zero-order valence-electron chi connectivity index (χ0n) is 20.8. The van der Waals surface area contributed by atoms with E-state index in [0.29, 0.717) is 43.1 Å². The molecule has 28 heavy (non-hydrogen) atoms. The number of aromatic nitrogens is 3. The highest BCUT2D eigenvalue weighted by molar-refractivity contribution is 6.01. The van der Waals surface area contributed by atoms with Crippen LogP contribution in [0.15, 0.2) is 31.4 Å². The van der Waals surface area contributed by atoms with Crippen LogP contribution in [0.1, 0.15) is 45.2 Å². The molecule has 1 aromatic heterocycles. The molecule has 1 saturated heterocycles. The third-order valence-electron chi connectivity index (χ3n) is 4.28. The summed E-state index contributed by atoms with van der Waals surface area (Å²) in [6.45, 7) is 2.78. The summed E-state index contributed by atoms with van der Waals surface area (Å²) in [5.41, 5.74) is 0.483. The summed E-state index contributed by atoms with van der Waals surface area (Å²) < 4.78 is 38.3. The summed E-state index contributed by atoms with van der Waals surface area (Å²) >= 11 is 0. The zero-order chi connectivity index (χ0) is 24.8. The van der Waals surface area contributed by atoms with Crippen LogP contribution < -0.4 is 0 Å². The van der Waals surface area contributed by atoms with E-state index >= 15 is 0 Å². The van der Waals surface area contributed by atoms with Crippen LogP contribution in [0.3, 0.4) is 0 Å². The number of rotatable bonds is 12. The van der Waals surface area contributed by atoms with Crippen LogP contribution in [0.4, 0.5) is 0 Å². The van der Waals surface area contributed by atoms with Crippen molar-refractivity contribution in [2.24, 2.45) is 0 Å². The smallest absolute Gasteiger partial charge is 0.329 e. The molecule has 0 aliphatic carbocycles. The Bertz CT molecular complexity index is 915. The normalized spacial score (nSPS) is 18.1. The number of unbranched alkanes of at least 4 members (excludes halogenated alkanes) is 1. The van der Waals surface area contributed by atoms with E-state index in [1.165, 1.54) is 6.20 Å². The lowest BCUT2D eigenvalue weighted by Crippen LogP contribution is -2.44. The molecule has 0 bridgehead atoms. The maximum Gasteiger partial charge on any atom is 0.349 e. The van der Waals surface area contributed by atoms with E-state index < -0.39 is 42.9 Å². The fourth-order valence-electron chi connectivity index (χ4n) is 2.73. The Kier molecular flexibility index (Phi) is 5.68. The Morgan fingerprint density at radius 3 is 2.93 bits per heavy atom. The quantitative estimate of drug-likeness (QED) is 0.299. The summed E-state index contributed by atoms with van der Waals surface area (Å²) in [6.07, 6.45) is 4.74. The summed E-state index contributed by atoms with van der Waals surface area (Å²) in [5, 5.41) is 8.08. The molecule has 0 N–H and O–H groups in total. The lowest BCUT2D eigenvalue weighted by Gasteiger charge is -2.27. The lowest BCUT2D eigenvalue weighted by atomic mass is 10.1. The molecule has 1 aromatic rings. The number of carbonyl (C=O) groups excluding carboxylic acids is 3. The Morgan fingerprint density at radius 2 is 2.25 bits per heavy atom. The number of hydrogen-bond donors (Lipinski definition) is 0. The van der Waals surface area contributed by atoms with Crippen molar-refractivity contribution in [3.05, 3.63) is 37.1 Å². The van der Waals surface area contributed by atoms with Gasteiger partial charge in [0.05, 0.1) is 19.0 Å². The summed E-state index contributed by atoms with van der Waals surface area (Å²) in [5.74, 6) is -1.79. The van der Waals surface area contributed by atoms with Crippen LogP contribution in [-0.2, 0) is 32.1 Å². The van der Waals surface area contributed by atoms with Crippen LogP contribution in [0.2, 0.25) is 0 Å². The first-order valence-corrected chi connectivity index (χ1v) is 8.97. The molecule has 2 amide bonds. The monoisotopic (exact) mass is 394 g/mol. The highest BCUT2D eigenvalue weighted by atomic mass is 16.7. The molecule has 1 aliphatic rings. The largest absolute Gasteiger partial charge is 0.349 e. The minimum absolute atomic E-state index is 0.0236. The van der Waals surface area contributed by atoms with Gasteiger partial charge >= 0.3 is 5.97 Å². The second kappa shape index (κ2) is 10.5. The molecule has 2 heterocycles. The average Bonchev–Trinajstić information content (AvgIpc) is 3.37. The van der Waals surface area contributed by atoms with E-state index in [0.717, 1.165) is 4.68 Å². The number of hydroxylamine groups is 2. The molecule has 0 aromatic carbocycles. The molecular formula is C19H27N5O4. The summed E-state index contributed by atoms with van der Waals surface area (Å²) in [6, 6.07) is -1.54. The second-order valence-electron chi connectivity index (χ2n) is 6.30. The minimum Gasteiger partial charge on any atom is -0.329 e. The molecule has 9 nitrogen and oxygen atoms in total. The van der Waals surface area contributed by atoms with Crippen molar-refractivity contribution in [1.82, 2.24) is 25.0 Å². The fourth-order valence-corrected chi connectivity index (χ4v) is 2.73. The highest BCUT2D eigenvalue weighted by Crippen LogP contribution is 2.14. The molecule has 152 valence electrons. The number of imide groups is 1. The Morgan fingerprint density at radius 1 is 1.50 bits per heavy atom. The van der Waals surface area contributed by atoms with E-state index in [1.54, 1.807) is 17.9 Å². The SMILES string of the molecule is [2H]C([2H])=C([2H])C([2H])([2H])n1cc(CCCCN(CC=C)[C@@H](C)C(=O)ON2C(=O)CCC2=O)nn1. The minimum atomic E-state index is -2.45. The van der Waals surface area contributed by atoms with Gasteiger partial charge in [0, 0.05) is 25.6 Å². The number of aryl methyl sites for hydroxylation is 1. The predicted octanol–water partition coefficient (Wildman–Crippen LogP) is 1.27. The van der Waals surface area contributed by atoms with Crippen LogP contribution in [0.25, 0.3) is 0 Å². The number of hydrogen-bond acceptors (Lipinski definition) is 7. The molecular weight excluding hydrogens is 362 g/mol. The van der Waals surface area contributed by atoms with E-state index in [9.17, 15) is 14.4 Å². The first-order chi connectivity index (χ1) is 15.5. The van der Waals surface area contributed by atoms with Crippen LogP contribution in [0, 0.1) is 0 Å². The van der Waals surface area contributed by atoms with Gasteiger partial charge in [0.15, 0.2) is 0 Å². The van der Waals surface area contributed by atoms with Gasteiger partial charge in [-0.25, -0.2) is 9.48 Å². The topological polar surface area (TPSA) is 97.6 Å². The molecule has 0 spiro atoms. The van der Waals surface area contributed by atoms with Crippen molar-refractivity contribution >= 4 is 17.8 Å². The first-order valence-electron chi connectivity index (χ1n) is 11.5. The van der Waals surface area contributed by atoms with Gasteiger partial charge in [-0.1, -0.05) is 17.3 Å². The van der Waals surface area contributed by atoms with Gasteiger partial charge in [-0.05, 0) is 32.7 Å². The number of amides is 2. The Balaban J connectivity index is 1.88. The number of allylic oxidation sites excluding steroid dienone is 1. The zero-order valence-corrected chi connectivity index (χ0v) is 15.8. The molecule has 1 aliphatic heterocycles. The van der Waals surface area contributed by atoms with Gasteiger partial charge in [-0.3, -0.25) is 14.5 Å². The van der Waals surface area contributed by atoms with Gasteiger partial charge in [-0.15, -0.1) is 23.3 Å². The maximum absolute atomic E-state index is 12.4. The van der Waals surface area contributed by atoms with Crippen molar-refractivity contribution in [3.63, 3.8) is 0 Å². The van der Waals surface area contributed by atoms with Gasteiger partial charge in [0.1, 0.15) is 6.04 Å². The molecule has 0 unspecified atom stereocenters. The van der Waals surface area contributed by atoms with Crippen molar-refractivity contribution in [1.29, 1.82) is 0 Å². The van der Waals surface area contributed by atoms with E-state index in [2.05, 4.69) is 16.9 Å². The highest BCUT2D eigenvalue weighted by Gasteiger charge is 2.35. The van der Waals surface area contributed by atoms with E-state index in [1.807, 2.05) is 0 Å². The summed E-state index contributed by atoms with van der Waals surface area (Å²) in [7, 11) is 0. The van der Waals surface area contributed by atoms with Crippen molar-refractivity contribution in [2.75, 3.05) is 13.1 Å². The fraction of sp³-hybridized carbons (Fsp3) is 0.526. The van der Waals surface area contributed by atoms with Crippen molar-refractivity contribution < 1.29 is 26.1 Å². The molecule has 9 heteroatoms. The van der Waals surface area contributed by atoms with Crippen LogP contribution >= 0.6 is 0 Å². The van der Waals surface area contributed by atoms with Crippen LogP contribution in [0.5, 0.6) is 0 Å². The molecule has 1 fully saturated rings. The number of nitrogens with zero attached hydrogens (tertiary/aromatic N) is 5. The van der Waals surface area contributed by atoms with Gasteiger partial charge < -0.3 is 4.84 Å². The Labute approximate surface area is 171 Å². The first kappa shape index (κ1) is 15.2. The standard InChI is InChI=1S/C19H27N5O4/c1-4-11-22(13-7-6-8-16-14-23(12-5-2)21-20-16)15(3)19(27)28-24-17(25)9-10-18(24)26/h4-5,14-15H,1-2,6-13H2,3H3/t15-/m0/s1/i2D2,5D,12D2. The molecule has 2 rings (SSSR count). The van der Waals surface area contributed by atoms with Gasteiger partial charge in [0.2, 0.25) is 0 Å². The van der Waals surface area contributed by atoms with Crippen molar-refractivity contribution in [3.8, 4) is 0 Å². The third-order valence-corrected chi connectivity index (χ3v) is 4.28. The van der Waals surface area contributed by atoms with Crippen molar-refractivity contribution in [2.45, 2.75) is 51.6 Å². The third kappa shape index (κ3) is 5.85.